The van der Waals surface area contributed by atoms with Gasteiger partial charge in [0.2, 0.25) is 0 Å². The first kappa shape index (κ1) is 22.8. The Kier molecular flexibility index (Phi) is 6.10. The number of likely N-dealkylation sites (tertiary alicyclic amines) is 1. The van der Waals surface area contributed by atoms with E-state index in [-0.39, 0.29) is 18.4 Å². The number of nitrogens with zero attached hydrogens (tertiary/aromatic N) is 1. The van der Waals surface area contributed by atoms with Crippen LogP contribution in [0.25, 0.3) is 22.0 Å². The van der Waals surface area contributed by atoms with E-state index in [1.54, 1.807) is 12.1 Å². The zero-order chi connectivity index (χ0) is 24.4. The van der Waals surface area contributed by atoms with E-state index in [0.29, 0.717) is 30.8 Å². The smallest absolute Gasteiger partial charge is 0.336 e. The second-order valence-electron chi connectivity index (χ2n) is 8.89. The summed E-state index contributed by atoms with van der Waals surface area (Å²) in [6.07, 6.45) is 1.67. The molecule has 4 aromatic rings. The Morgan fingerprint density at radius 2 is 1.77 bits per heavy atom. The van der Waals surface area contributed by atoms with Gasteiger partial charge in [-0.1, -0.05) is 42.2 Å². The molecule has 1 aliphatic rings. The number of fused-ring (bicyclic) bond motifs is 1. The molecule has 1 fully saturated rings. The number of aromatic nitrogens is 1. The van der Waals surface area contributed by atoms with Crippen LogP contribution in [-0.4, -0.2) is 40.0 Å². The third-order valence-electron chi connectivity index (χ3n) is 6.43. The monoisotopic (exact) mass is 470 g/mol. The van der Waals surface area contributed by atoms with Gasteiger partial charge in [0.05, 0.1) is 5.56 Å². The Morgan fingerprint density at radius 3 is 2.51 bits per heavy atom. The fourth-order valence-corrected chi connectivity index (χ4v) is 4.48. The Hall–Kier alpha value is -3.95. The number of rotatable bonds is 4. The predicted octanol–water partition coefficient (Wildman–Crippen LogP) is 6.16. The zero-order valence-corrected chi connectivity index (χ0v) is 19.0. The van der Waals surface area contributed by atoms with Gasteiger partial charge < -0.3 is 10.1 Å². The molecule has 6 heteroatoms. The molecule has 0 aliphatic carbocycles. The number of hydrogen-bond acceptors (Lipinski definition) is 2. The normalized spacial score (nSPS) is 15.5. The highest BCUT2D eigenvalue weighted by Gasteiger charge is 2.33. The molecule has 0 spiro atoms. The lowest BCUT2D eigenvalue weighted by Gasteiger charge is -2.31. The lowest BCUT2D eigenvalue weighted by molar-refractivity contribution is -0.0566. The summed E-state index contributed by atoms with van der Waals surface area (Å²) in [5.41, 5.74) is 4.97. The van der Waals surface area contributed by atoms with Crippen molar-refractivity contribution in [3.63, 3.8) is 0 Å². The fraction of sp³-hybridized carbons (Fsp3) is 0.207. The molecule has 1 aromatic heterocycles. The first-order chi connectivity index (χ1) is 16.9. The van der Waals surface area contributed by atoms with E-state index < -0.39 is 11.9 Å². The second-order valence-corrected chi connectivity index (χ2v) is 8.89. The number of halogens is 2. The summed E-state index contributed by atoms with van der Waals surface area (Å²) in [4.78, 5) is 17.2. The Balaban J connectivity index is 1.40. The van der Waals surface area contributed by atoms with Crippen molar-refractivity contribution in [3.8, 4) is 23.0 Å². The van der Waals surface area contributed by atoms with Gasteiger partial charge in [-0.2, -0.15) is 0 Å². The van der Waals surface area contributed by atoms with Crippen molar-refractivity contribution in [2.24, 2.45) is 0 Å². The lowest BCUT2D eigenvalue weighted by Crippen LogP contribution is -2.38. The summed E-state index contributed by atoms with van der Waals surface area (Å²) in [7, 11) is 0. The van der Waals surface area contributed by atoms with Crippen LogP contribution in [0.2, 0.25) is 0 Å². The van der Waals surface area contributed by atoms with E-state index in [1.165, 1.54) is 0 Å². The lowest BCUT2D eigenvalue weighted by atomic mass is 9.93. The third-order valence-corrected chi connectivity index (χ3v) is 6.43. The highest BCUT2D eigenvalue weighted by molar-refractivity contribution is 5.99. The van der Waals surface area contributed by atoms with Crippen LogP contribution in [0.1, 0.15) is 39.9 Å². The molecule has 5 rings (SSSR count). The second kappa shape index (κ2) is 9.36. The van der Waals surface area contributed by atoms with E-state index in [0.717, 1.165) is 27.6 Å². The Morgan fingerprint density at radius 1 is 1.00 bits per heavy atom. The molecule has 3 aromatic carbocycles. The molecule has 0 atom stereocenters. The van der Waals surface area contributed by atoms with Gasteiger partial charge in [-0.05, 0) is 52.9 Å². The molecule has 2 heterocycles. The topological polar surface area (TPSA) is 56.3 Å². The van der Waals surface area contributed by atoms with Crippen LogP contribution in [0.15, 0.2) is 72.9 Å². The molecule has 0 unspecified atom stereocenters. The molecule has 35 heavy (non-hydrogen) atoms. The predicted molar refractivity (Wildman–Crippen MR) is 133 cm³/mol. The van der Waals surface area contributed by atoms with E-state index in [4.69, 9.17) is 0 Å². The van der Waals surface area contributed by atoms with Crippen LogP contribution in [0.5, 0.6) is 0 Å². The van der Waals surface area contributed by atoms with E-state index in [1.807, 2.05) is 65.7 Å². The number of aromatic carboxylic acids is 1. The number of piperidine rings is 1. The first-order valence-corrected chi connectivity index (χ1v) is 11.5. The zero-order valence-electron chi connectivity index (χ0n) is 19.0. The number of benzene rings is 3. The molecule has 0 saturated carbocycles. The van der Waals surface area contributed by atoms with Gasteiger partial charge in [0, 0.05) is 60.9 Å². The fourth-order valence-electron chi connectivity index (χ4n) is 4.48. The van der Waals surface area contributed by atoms with E-state index >= 15 is 0 Å². The number of H-pyrrole nitrogens is 1. The summed E-state index contributed by atoms with van der Waals surface area (Å²) in [5, 5.41) is 10.9. The minimum atomic E-state index is -2.54. The van der Waals surface area contributed by atoms with Gasteiger partial charge in [0.25, 0.3) is 5.92 Å². The van der Waals surface area contributed by atoms with Crippen LogP contribution in [0, 0.1) is 11.8 Å². The number of carboxylic acid groups (broad SMARTS) is 1. The van der Waals surface area contributed by atoms with Gasteiger partial charge in [-0.15, -0.1) is 0 Å². The van der Waals surface area contributed by atoms with Crippen molar-refractivity contribution >= 4 is 16.9 Å². The van der Waals surface area contributed by atoms with Crippen LogP contribution < -0.4 is 0 Å². The number of carbonyl (C=O) groups is 1. The van der Waals surface area contributed by atoms with Gasteiger partial charge >= 0.3 is 5.97 Å². The van der Waals surface area contributed by atoms with Crippen LogP contribution in [0.3, 0.4) is 0 Å². The van der Waals surface area contributed by atoms with Crippen molar-refractivity contribution in [1.29, 1.82) is 0 Å². The number of nitrogens with one attached hydrogen (secondary N) is 1. The quantitative estimate of drug-likeness (QED) is 0.351. The number of aromatic amines is 1. The van der Waals surface area contributed by atoms with Gasteiger partial charge in [-0.3, -0.25) is 4.90 Å². The molecule has 0 bridgehead atoms. The Labute approximate surface area is 202 Å². The summed E-state index contributed by atoms with van der Waals surface area (Å²) in [6, 6.07) is 20.6. The minimum absolute atomic E-state index is 0.0922. The van der Waals surface area contributed by atoms with Crippen LogP contribution in [0.4, 0.5) is 8.78 Å². The molecule has 0 amide bonds. The molecular weight excluding hydrogens is 446 g/mol. The summed E-state index contributed by atoms with van der Waals surface area (Å²) in [5.74, 6) is 2.76. The average Bonchev–Trinajstić information content (AvgIpc) is 3.32. The molecule has 0 radical (unpaired) electrons. The van der Waals surface area contributed by atoms with Crippen LogP contribution >= 0.6 is 0 Å². The maximum absolute atomic E-state index is 13.4. The minimum Gasteiger partial charge on any atom is -0.478 e. The standard InChI is InChI=1S/C29H24F2N2O2/c30-29(31)13-16-33(17-14-29)19-21-6-4-20(5-7-21)8-9-23-2-1-3-25(28(34)35)27(23)24-11-10-22-12-15-32-26(22)18-24/h1-7,10-12,15,18,32H,13-14,16-17,19H2,(H,34,35). The van der Waals surface area contributed by atoms with Crippen LogP contribution in [-0.2, 0) is 6.54 Å². The highest BCUT2D eigenvalue weighted by Crippen LogP contribution is 2.31. The maximum Gasteiger partial charge on any atom is 0.336 e. The number of hydrogen-bond donors (Lipinski definition) is 2. The van der Waals surface area contributed by atoms with Crippen molar-refractivity contribution in [3.05, 3.63) is 95.2 Å². The number of carboxylic acids is 1. The molecule has 2 N–H and O–H groups in total. The van der Waals surface area contributed by atoms with Crippen molar-refractivity contribution < 1.29 is 18.7 Å². The first-order valence-electron chi connectivity index (χ1n) is 11.5. The third kappa shape index (κ3) is 5.11. The molecular formula is C29H24F2N2O2. The Bertz CT molecular complexity index is 1440. The largest absolute Gasteiger partial charge is 0.478 e. The summed E-state index contributed by atoms with van der Waals surface area (Å²) >= 11 is 0. The van der Waals surface area contributed by atoms with Gasteiger partial charge in [0.15, 0.2) is 0 Å². The molecule has 1 aliphatic heterocycles. The number of alkyl halides is 2. The van der Waals surface area contributed by atoms with Crippen molar-refractivity contribution in [1.82, 2.24) is 9.88 Å². The molecule has 176 valence electrons. The maximum atomic E-state index is 13.4. The van der Waals surface area contributed by atoms with Gasteiger partial charge in [-0.25, -0.2) is 13.6 Å². The summed E-state index contributed by atoms with van der Waals surface area (Å²) < 4.78 is 26.8. The van der Waals surface area contributed by atoms with Gasteiger partial charge in [0.1, 0.15) is 0 Å². The molecule has 4 nitrogen and oxygen atoms in total. The highest BCUT2D eigenvalue weighted by atomic mass is 19.3. The average molecular weight is 471 g/mol. The van der Waals surface area contributed by atoms with Crippen molar-refractivity contribution in [2.45, 2.75) is 25.3 Å². The summed E-state index contributed by atoms with van der Waals surface area (Å²) in [6.45, 7) is 1.42. The van der Waals surface area contributed by atoms with E-state index in [2.05, 4.69) is 16.8 Å². The molecule has 1 saturated heterocycles. The SMILES string of the molecule is O=C(O)c1cccc(C#Cc2ccc(CN3CCC(F)(F)CC3)cc2)c1-c1ccc2cc[nH]c2c1. The van der Waals surface area contributed by atoms with Crippen molar-refractivity contribution in [2.75, 3.05) is 13.1 Å². The van der Waals surface area contributed by atoms with E-state index in [9.17, 15) is 18.7 Å².